The summed E-state index contributed by atoms with van der Waals surface area (Å²) in [6.07, 6.45) is 7.08. The van der Waals surface area contributed by atoms with E-state index in [0.29, 0.717) is 23.6 Å². The summed E-state index contributed by atoms with van der Waals surface area (Å²) in [5, 5.41) is 9.24. The Morgan fingerprint density at radius 2 is 1.80 bits per heavy atom. The van der Waals surface area contributed by atoms with Gasteiger partial charge in [0.1, 0.15) is 6.04 Å². The van der Waals surface area contributed by atoms with Crippen LogP contribution >= 0.6 is 11.8 Å². The van der Waals surface area contributed by atoms with Gasteiger partial charge >= 0.3 is 12.0 Å². The third kappa shape index (κ3) is 2.50. The number of carbonyl (C=O) groups is 2. The van der Waals surface area contributed by atoms with Gasteiger partial charge in [-0.3, -0.25) is 0 Å². The number of carbonyl (C=O) groups excluding carboxylic acids is 1. The molecule has 2 unspecified atom stereocenters. The Morgan fingerprint density at radius 3 is 2.60 bits per heavy atom. The molecule has 0 aromatic carbocycles. The van der Waals surface area contributed by atoms with Gasteiger partial charge in [-0.05, 0) is 31.6 Å². The second kappa shape index (κ2) is 5.84. The number of aliphatic carboxylic acids is 1. The molecule has 2 aliphatic heterocycles. The molecule has 2 saturated heterocycles. The van der Waals surface area contributed by atoms with Crippen LogP contribution in [-0.4, -0.2) is 57.2 Å². The molecular weight excluding hydrogens is 276 g/mol. The Bertz CT molecular complexity index is 402. The van der Waals surface area contributed by atoms with E-state index in [1.54, 1.807) is 4.90 Å². The third-order valence-corrected chi connectivity index (χ3v) is 5.91. The Kier molecular flexibility index (Phi) is 4.10. The van der Waals surface area contributed by atoms with Crippen LogP contribution in [0.15, 0.2) is 0 Å². The highest BCUT2D eigenvalue weighted by atomic mass is 32.2. The van der Waals surface area contributed by atoms with E-state index in [9.17, 15) is 14.7 Å². The molecule has 3 rings (SSSR count). The lowest BCUT2D eigenvalue weighted by atomic mass is 9.78. The van der Waals surface area contributed by atoms with Crippen molar-refractivity contribution in [2.45, 2.75) is 50.6 Å². The van der Waals surface area contributed by atoms with Crippen LogP contribution in [-0.2, 0) is 4.79 Å². The number of carboxylic acids is 1. The number of carboxylic acid groups (broad SMARTS) is 1. The van der Waals surface area contributed by atoms with Gasteiger partial charge in [-0.2, -0.15) is 0 Å². The molecule has 0 aromatic heterocycles. The van der Waals surface area contributed by atoms with Gasteiger partial charge in [0.25, 0.3) is 0 Å². The monoisotopic (exact) mass is 298 g/mol. The molecule has 0 radical (unpaired) electrons. The molecular formula is C14H22N2O3S. The molecule has 20 heavy (non-hydrogen) atoms. The van der Waals surface area contributed by atoms with Crippen LogP contribution in [0, 0.1) is 5.92 Å². The molecule has 1 N–H and O–H groups in total. The average molecular weight is 298 g/mol. The molecule has 6 heteroatoms. The first-order chi connectivity index (χ1) is 9.68. The summed E-state index contributed by atoms with van der Waals surface area (Å²) in [5.74, 6) is 0.799. The summed E-state index contributed by atoms with van der Waals surface area (Å²) in [6.45, 7) is 0.799. The minimum absolute atomic E-state index is 0.0426. The van der Waals surface area contributed by atoms with Crippen molar-refractivity contribution in [3.63, 3.8) is 0 Å². The number of likely N-dealkylation sites (tertiary alicyclic amines) is 1. The average Bonchev–Trinajstić information content (AvgIpc) is 2.95. The van der Waals surface area contributed by atoms with E-state index in [4.69, 9.17) is 0 Å². The van der Waals surface area contributed by atoms with Gasteiger partial charge in [-0.1, -0.05) is 12.8 Å². The van der Waals surface area contributed by atoms with Gasteiger partial charge in [0.05, 0.1) is 5.88 Å². The predicted molar refractivity (Wildman–Crippen MR) is 77.7 cm³/mol. The van der Waals surface area contributed by atoms with Crippen molar-refractivity contribution in [1.82, 2.24) is 9.80 Å². The second-order valence-corrected chi connectivity index (χ2v) is 7.05. The molecule has 0 bridgehead atoms. The van der Waals surface area contributed by atoms with Crippen molar-refractivity contribution in [3.05, 3.63) is 0 Å². The molecule has 2 heterocycles. The minimum Gasteiger partial charge on any atom is -0.480 e. The van der Waals surface area contributed by atoms with Gasteiger partial charge in [-0.15, -0.1) is 11.8 Å². The first kappa shape index (κ1) is 14.0. The van der Waals surface area contributed by atoms with Crippen molar-refractivity contribution in [3.8, 4) is 0 Å². The first-order valence-electron chi connectivity index (χ1n) is 7.56. The standard InChI is InChI=1S/C14H22N2O3S/c17-13(18)12-8-20-9-16(12)14(19)15-7-3-5-10-4-1-2-6-11(10)15/h10-12H,1-9H2,(H,17,18)/t10?,11?,12-/m0/s1. The third-order valence-electron chi connectivity index (χ3n) is 4.90. The molecule has 3 aliphatic rings. The van der Waals surface area contributed by atoms with Crippen molar-refractivity contribution >= 4 is 23.8 Å². The zero-order chi connectivity index (χ0) is 14.1. The maximum atomic E-state index is 12.7. The smallest absolute Gasteiger partial charge is 0.327 e. The zero-order valence-corrected chi connectivity index (χ0v) is 12.5. The van der Waals surface area contributed by atoms with Crippen LogP contribution in [0.3, 0.4) is 0 Å². The Hall–Kier alpha value is -0.910. The number of urea groups is 1. The largest absolute Gasteiger partial charge is 0.480 e. The molecule has 2 amide bonds. The van der Waals surface area contributed by atoms with Crippen LogP contribution in [0.2, 0.25) is 0 Å². The van der Waals surface area contributed by atoms with E-state index in [2.05, 4.69) is 0 Å². The van der Waals surface area contributed by atoms with Crippen LogP contribution in [0.1, 0.15) is 38.5 Å². The van der Waals surface area contributed by atoms with Gasteiger partial charge in [0.15, 0.2) is 0 Å². The number of hydrogen-bond donors (Lipinski definition) is 1. The Morgan fingerprint density at radius 1 is 1.05 bits per heavy atom. The summed E-state index contributed by atoms with van der Waals surface area (Å²) in [7, 11) is 0. The van der Waals surface area contributed by atoms with Crippen LogP contribution in [0.5, 0.6) is 0 Å². The lowest BCUT2D eigenvalue weighted by Crippen LogP contribution is -2.56. The van der Waals surface area contributed by atoms with Crippen LogP contribution < -0.4 is 0 Å². The molecule has 1 aliphatic carbocycles. The van der Waals surface area contributed by atoms with E-state index in [0.717, 1.165) is 19.4 Å². The lowest BCUT2D eigenvalue weighted by molar-refractivity contribution is -0.141. The van der Waals surface area contributed by atoms with Crippen molar-refractivity contribution in [1.29, 1.82) is 0 Å². The molecule has 3 atom stereocenters. The van der Waals surface area contributed by atoms with Gasteiger partial charge in [0.2, 0.25) is 0 Å². The maximum Gasteiger partial charge on any atom is 0.327 e. The quantitative estimate of drug-likeness (QED) is 0.806. The number of rotatable bonds is 1. The van der Waals surface area contributed by atoms with Gasteiger partial charge in [-0.25, -0.2) is 9.59 Å². The first-order valence-corrected chi connectivity index (χ1v) is 8.71. The van der Waals surface area contributed by atoms with Crippen LogP contribution in [0.25, 0.3) is 0 Å². The number of amides is 2. The van der Waals surface area contributed by atoms with Crippen LogP contribution in [0.4, 0.5) is 4.79 Å². The number of thioether (sulfide) groups is 1. The fourth-order valence-electron chi connectivity index (χ4n) is 3.86. The lowest BCUT2D eigenvalue weighted by Gasteiger charge is -2.45. The maximum absolute atomic E-state index is 12.7. The fraction of sp³-hybridized carbons (Fsp3) is 0.857. The zero-order valence-electron chi connectivity index (χ0n) is 11.7. The van der Waals surface area contributed by atoms with Gasteiger partial charge < -0.3 is 14.9 Å². The second-order valence-electron chi connectivity index (χ2n) is 6.05. The number of hydrogen-bond acceptors (Lipinski definition) is 3. The summed E-state index contributed by atoms with van der Waals surface area (Å²) in [4.78, 5) is 27.5. The molecule has 0 spiro atoms. The van der Waals surface area contributed by atoms with Crippen molar-refractivity contribution in [2.24, 2.45) is 5.92 Å². The Balaban J connectivity index is 1.73. The highest BCUT2D eigenvalue weighted by molar-refractivity contribution is 7.99. The highest BCUT2D eigenvalue weighted by Gasteiger charge is 2.42. The minimum atomic E-state index is -0.874. The summed E-state index contributed by atoms with van der Waals surface area (Å²) in [5.41, 5.74) is 0. The predicted octanol–water partition coefficient (Wildman–Crippen LogP) is 2.22. The molecule has 3 fully saturated rings. The van der Waals surface area contributed by atoms with Crippen molar-refractivity contribution in [2.75, 3.05) is 18.2 Å². The molecule has 112 valence electrons. The summed E-state index contributed by atoms with van der Waals surface area (Å²) in [6, 6.07) is -0.333. The van der Waals surface area contributed by atoms with E-state index < -0.39 is 12.0 Å². The SMILES string of the molecule is O=C(O)[C@@H]1CSCN1C(=O)N1CCCC2CCCCC21. The molecule has 0 aromatic rings. The summed E-state index contributed by atoms with van der Waals surface area (Å²) < 4.78 is 0. The van der Waals surface area contributed by atoms with E-state index >= 15 is 0 Å². The fourth-order valence-corrected chi connectivity index (χ4v) is 5.00. The highest BCUT2D eigenvalue weighted by Crippen LogP contribution is 2.36. The number of nitrogens with zero attached hydrogens (tertiary/aromatic N) is 2. The molecule has 1 saturated carbocycles. The topological polar surface area (TPSA) is 60.9 Å². The normalized spacial score (nSPS) is 33.9. The van der Waals surface area contributed by atoms with E-state index in [-0.39, 0.29) is 6.03 Å². The van der Waals surface area contributed by atoms with Gasteiger partial charge in [0, 0.05) is 18.3 Å². The number of fused-ring (bicyclic) bond motifs is 1. The van der Waals surface area contributed by atoms with E-state index in [1.807, 2.05) is 4.90 Å². The van der Waals surface area contributed by atoms with Crippen molar-refractivity contribution < 1.29 is 14.7 Å². The molecule has 5 nitrogen and oxygen atoms in total. The number of piperidine rings is 1. The summed E-state index contributed by atoms with van der Waals surface area (Å²) >= 11 is 1.54. The van der Waals surface area contributed by atoms with E-state index in [1.165, 1.54) is 37.4 Å². The Labute approximate surface area is 123 Å².